The number of anilines is 1. The number of halogens is 2. The fraction of sp³-hybridized carbons (Fsp3) is 0.556. The Bertz CT molecular complexity index is 708. The summed E-state index contributed by atoms with van der Waals surface area (Å²) in [4.78, 5) is 21.7. The molecule has 1 aromatic heterocycles. The summed E-state index contributed by atoms with van der Waals surface area (Å²) in [7, 11) is 1.95. The van der Waals surface area contributed by atoms with E-state index >= 15 is 0 Å². The van der Waals surface area contributed by atoms with Gasteiger partial charge in [0, 0.05) is 38.6 Å². The molecular weight excluding hydrogens is 391 g/mol. The molecule has 144 valence electrons. The lowest BCUT2D eigenvalue weighted by Crippen LogP contribution is -2.57. The van der Waals surface area contributed by atoms with Gasteiger partial charge in [-0.1, -0.05) is 23.5 Å². The van der Waals surface area contributed by atoms with Gasteiger partial charge >= 0.3 is 0 Å². The van der Waals surface area contributed by atoms with Crippen molar-refractivity contribution < 1.29 is 4.79 Å². The summed E-state index contributed by atoms with van der Waals surface area (Å²) in [5.74, 6) is 0.903. The molecule has 2 saturated heterocycles. The van der Waals surface area contributed by atoms with E-state index in [1.165, 1.54) is 4.70 Å². The standard InChI is InChI=1S/C18H24N4OS.2ClH/c1-19-9-11-22-15-8-10-21(12-13(15)6-7-17(22)23)18-20-14-4-2-3-5-16(14)24-18;;/h2-5,13,15,19H,6-12H2,1H3;2*1H/t13-,15+;;/m0../s1. The number of carbonyl (C=O) groups excluding carboxylic acids is 1. The molecule has 2 aliphatic rings. The maximum Gasteiger partial charge on any atom is 0.222 e. The van der Waals surface area contributed by atoms with Crippen LogP contribution in [0.1, 0.15) is 19.3 Å². The molecule has 3 heterocycles. The average Bonchev–Trinajstić information content (AvgIpc) is 3.05. The summed E-state index contributed by atoms with van der Waals surface area (Å²) in [6.45, 7) is 3.71. The highest BCUT2D eigenvalue weighted by Gasteiger charge is 2.39. The van der Waals surface area contributed by atoms with Crippen LogP contribution in [0.25, 0.3) is 10.2 Å². The Labute approximate surface area is 171 Å². The van der Waals surface area contributed by atoms with E-state index in [9.17, 15) is 4.79 Å². The molecule has 8 heteroatoms. The summed E-state index contributed by atoms with van der Waals surface area (Å²) < 4.78 is 1.25. The number of likely N-dealkylation sites (tertiary alicyclic amines) is 1. The summed E-state index contributed by atoms with van der Waals surface area (Å²) >= 11 is 1.78. The van der Waals surface area contributed by atoms with E-state index < -0.39 is 0 Å². The van der Waals surface area contributed by atoms with E-state index in [0.29, 0.717) is 24.3 Å². The van der Waals surface area contributed by atoms with Crippen LogP contribution < -0.4 is 10.2 Å². The quantitative estimate of drug-likeness (QED) is 0.830. The number of amides is 1. The lowest BCUT2D eigenvalue weighted by Gasteiger charge is -2.47. The number of carbonyl (C=O) groups is 1. The predicted molar refractivity (Wildman–Crippen MR) is 113 cm³/mol. The van der Waals surface area contributed by atoms with Crippen molar-refractivity contribution in [3.05, 3.63) is 24.3 Å². The normalized spacial score (nSPS) is 22.6. The molecule has 0 aliphatic carbocycles. The molecule has 2 fully saturated rings. The van der Waals surface area contributed by atoms with Crippen molar-refractivity contribution in [3.63, 3.8) is 0 Å². The lowest BCUT2D eigenvalue weighted by atomic mass is 9.83. The largest absolute Gasteiger partial charge is 0.348 e. The van der Waals surface area contributed by atoms with E-state index in [4.69, 9.17) is 4.98 Å². The Morgan fingerprint density at radius 3 is 2.85 bits per heavy atom. The second-order valence-corrected chi connectivity index (χ2v) is 7.76. The number of hydrogen-bond donors (Lipinski definition) is 1. The summed E-state index contributed by atoms with van der Waals surface area (Å²) in [5.41, 5.74) is 1.09. The molecule has 26 heavy (non-hydrogen) atoms. The minimum absolute atomic E-state index is 0. The molecule has 1 amide bonds. The van der Waals surface area contributed by atoms with Crippen molar-refractivity contribution in [2.75, 3.05) is 38.1 Å². The van der Waals surface area contributed by atoms with Gasteiger partial charge < -0.3 is 15.1 Å². The van der Waals surface area contributed by atoms with Crippen molar-refractivity contribution in [3.8, 4) is 0 Å². The average molecular weight is 417 g/mol. The number of nitrogens with zero attached hydrogens (tertiary/aromatic N) is 3. The van der Waals surface area contributed by atoms with Crippen LogP contribution in [0, 0.1) is 5.92 Å². The summed E-state index contributed by atoms with van der Waals surface area (Å²) in [6.07, 6.45) is 2.76. The SMILES string of the molecule is CNCCN1C(=O)CC[C@H]2CN(c3nc4ccccc4s3)CC[C@H]21.Cl.Cl. The second-order valence-electron chi connectivity index (χ2n) is 6.76. The van der Waals surface area contributed by atoms with Gasteiger partial charge in [0.15, 0.2) is 5.13 Å². The molecule has 0 saturated carbocycles. The van der Waals surface area contributed by atoms with Crippen LogP contribution >= 0.6 is 36.2 Å². The molecule has 0 bridgehead atoms. The molecule has 0 spiro atoms. The van der Waals surface area contributed by atoms with Crippen LogP contribution in [0.5, 0.6) is 0 Å². The molecule has 0 radical (unpaired) electrons. The highest BCUT2D eigenvalue weighted by Crippen LogP contribution is 2.36. The van der Waals surface area contributed by atoms with Gasteiger partial charge in [0.1, 0.15) is 0 Å². The first-order valence-corrected chi connectivity index (χ1v) is 9.62. The fourth-order valence-electron chi connectivity index (χ4n) is 4.04. The summed E-state index contributed by atoms with van der Waals surface area (Å²) in [6, 6.07) is 8.75. The van der Waals surface area contributed by atoms with Gasteiger partial charge in [-0.25, -0.2) is 4.98 Å². The minimum atomic E-state index is 0. The van der Waals surface area contributed by atoms with E-state index in [0.717, 1.165) is 49.7 Å². The van der Waals surface area contributed by atoms with Crippen LogP contribution in [0.4, 0.5) is 5.13 Å². The first-order chi connectivity index (χ1) is 11.8. The number of hydrogen-bond acceptors (Lipinski definition) is 5. The molecule has 1 aromatic carbocycles. The van der Waals surface area contributed by atoms with Crippen LogP contribution in [-0.2, 0) is 4.79 Å². The number of aromatic nitrogens is 1. The third-order valence-electron chi connectivity index (χ3n) is 5.30. The number of thiazole rings is 1. The van der Waals surface area contributed by atoms with Gasteiger partial charge in [-0.2, -0.15) is 0 Å². The van der Waals surface area contributed by atoms with Gasteiger partial charge in [0.05, 0.1) is 10.2 Å². The van der Waals surface area contributed by atoms with Gasteiger partial charge in [-0.05, 0) is 37.9 Å². The first-order valence-electron chi connectivity index (χ1n) is 8.81. The van der Waals surface area contributed by atoms with Crippen molar-refractivity contribution >= 4 is 57.4 Å². The molecule has 5 nitrogen and oxygen atoms in total. The van der Waals surface area contributed by atoms with E-state index in [1.54, 1.807) is 11.3 Å². The van der Waals surface area contributed by atoms with Gasteiger partial charge in [0.25, 0.3) is 0 Å². The zero-order chi connectivity index (χ0) is 16.5. The molecule has 2 aromatic rings. The molecule has 2 atom stereocenters. The number of likely N-dealkylation sites (N-methyl/N-ethyl adjacent to an activating group) is 1. The second kappa shape index (κ2) is 9.22. The maximum absolute atomic E-state index is 12.3. The molecule has 2 aliphatic heterocycles. The van der Waals surface area contributed by atoms with Crippen molar-refractivity contribution in [1.82, 2.24) is 15.2 Å². The zero-order valence-corrected chi connectivity index (χ0v) is 17.3. The maximum atomic E-state index is 12.3. The smallest absolute Gasteiger partial charge is 0.222 e. The number of piperidine rings is 2. The minimum Gasteiger partial charge on any atom is -0.348 e. The Balaban J connectivity index is 0.00000121. The monoisotopic (exact) mass is 416 g/mol. The Morgan fingerprint density at radius 2 is 2.08 bits per heavy atom. The number of nitrogens with one attached hydrogen (secondary N) is 1. The third-order valence-corrected chi connectivity index (χ3v) is 6.40. The number of benzene rings is 1. The molecule has 4 rings (SSSR count). The van der Waals surface area contributed by atoms with Crippen LogP contribution in [-0.4, -0.2) is 55.1 Å². The van der Waals surface area contributed by atoms with Gasteiger partial charge in [-0.15, -0.1) is 24.8 Å². The third kappa shape index (κ3) is 4.09. The highest BCUT2D eigenvalue weighted by molar-refractivity contribution is 7.22. The van der Waals surface area contributed by atoms with Crippen molar-refractivity contribution in [1.29, 1.82) is 0 Å². The number of para-hydroxylation sites is 1. The van der Waals surface area contributed by atoms with Crippen molar-refractivity contribution in [2.45, 2.75) is 25.3 Å². The van der Waals surface area contributed by atoms with E-state index in [1.807, 2.05) is 13.1 Å². The van der Waals surface area contributed by atoms with Crippen molar-refractivity contribution in [2.24, 2.45) is 5.92 Å². The Kier molecular flexibility index (Phi) is 7.52. The Morgan fingerprint density at radius 1 is 1.27 bits per heavy atom. The van der Waals surface area contributed by atoms with E-state index in [2.05, 4.69) is 33.3 Å². The Hall–Kier alpha value is -1.08. The predicted octanol–water partition coefficient (Wildman–Crippen LogP) is 3.18. The zero-order valence-electron chi connectivity index (χ0n) is 14.9. The van der Waals surface area contributed by atoms with Crippen LogP contribution in [0.15, 0.2) is 24.3 Å². The number of rotatable bonds is 4. The molecule has 1 N–H and O–H groups in total. The fourth-order valence-corrected chi connectivity index (χ4v) is 5.04. The molecular formula is C18H26Cl2N4OS. The van der Waals surface area contributed by atoms with Gasteiger partial charge in [0.2, 0.25) is 5.91 Å². The van der Waals surface area contributed by atoms with E-state index in [-0.39, 0.29) is 24.8 Å². The lowest BCUT2D eigenvalue weighted by molar-refractivity contribution is -0.139. The molecule has 0 unspecified atom stereocenters. The number of fused-ring (bicyclic) bond motifs is 2. The highest BCUT2D eigenvalue weighted by atomic mass is 35.5. The van der Waals surface area contributed by atoms with Crippen LogP contribution in [0.3, 0.4) is 0 Å². The van der Waals surface area contributed by atoms with Gasteiger partial charge in [-0.3, -0.25) is 4.79 Å². The van der Waals surface area contributed by atoms with Crippen LogP contribution in [0.2, 0.25) is 0 Å². The first kappa shape index (κ1) is 21.2. The topological polar surface area (TPSA) is 48.5 Å². The summed E-state index contributed by atoms with van der Waals surface area (Å²) in [5, 5.41) is 4.30.